The molecule has 0 saturated heterocycles. The number of hydrogen-bond donors (Lipinski definition) is 1. The van der Waals surface area contributed by atoms with Crippen molar-refractivity contribution in [1.29, 1.82) is 0 Å². The second-order valence-corrected chi connectivity index (χ2v) is 3.66. The van der Waals surface area contributed by atoms with E-state index in [4.69, 9.17) is 4.74 Å². The maximum absolute atomic E-state index is 13.5. The van der Waals surface area contributed by atoms with E-state index in [-0.39, 0.29) is 12.1 Å². The number of rotatable bonds is 3. The van der Waals surface area contributed by atoms with Gasteiger partial charge in [-0.25, -0.2) is 0 Å². The molecule has 0 atom stereocenters. The van der Waals surface area contributed by atoms with Gasteiger partial charge in [-0.3, -0.25) is 0 Å². The van der Waals surface area contributed by atoms with Crippen molar-refractivity contribution in [3.05, 3.63) is 29.3 Å². The highest BCUT2D eigenvalue weighted by atomic mass is 19.3. The number of likely N-dealkylation sites (N-methyl/N-ethyl adjacent to an activating group) is 1. The largest absolute Gasteiger partial charge is 0.493 e. The lowest BCUT2D eigenvalue weighted by molar-refractivity contribution is -0.00142. The van der Waals surface area contributed by atoms with E-state index in [0.29, 0.717) is 12.4 Å². The van der Waals surface area contributed by atoms with Gasteiger partial charge in [-0.05, 0) is 18.7 Å². The predicted octanol–water partition coefficient (Wildman–Crippen LogP) is 1.93. The van der Waals surface area contributed by atoms with Gasteiger partial charge >= 0.3 is 0 Å². The molecule has 0 bridgehead atoms. The first-order chi connectivity index (χ1) is 7.13. The summed E-state index contributed by atoms with van der Waals surface area (Å²) < 4.78 is 32.3. The minimum absolute atomic E-state index is 0.0116. The van der Waals surface area contributed by atoms with Crippen LogP contribution in [0.2, 0.25) is 0 Å². The summed E-state index contributed by atoms with van der Waals surface area (Å²) in [5, 5.41) is 2.48. The topological polar surface area (TPSA) is 21.3 Å². The van der Waals surface area contributed by atoms with Crippen molar-refractivity contribution in [1.82, 2.24) is 5.32 Å². The minimum Gasteiger partial charge on any atom is -0.493 e. The van der Waals surface area contributed by atoms with Gasteiger partial charge in [-0.15, -0.1) is 0 Å². The lowest BCUT2D eigenvalue weighted by Gasteiger charge is -2.16. The van der Waals surface area contributed by atoms with Gasteiger partial charge in [-0.2, -0.15) is 8.78 Å². The molecule has 2 nitrogen and oxygen atoms in total. The standard InChI is InChI=1S/C11H13F2NO/c1-14-7-11(12,13)9-3-2-8-4-5-15-10(8)6-9/h2-3,6,14H,4-5,7H2,1H3. The average Bonchev–Trinajstić information content (AvgIpc) is 2.63. The smallest absolute Gasteiger partial charge is 0.285 e. The van der Waals surface area contributed by atoms with E-state index in [2.05, 4.69) is 5.32 Å². The first-order valence-electron chi connectivity index (χ1n) is 4.92. The lowest BCUT2D eigenvalue weighted by atomic mass is 10.0. The zero-order chi connectivity index (χ0) is 10.9. The van der Waals surface area contributed by atoms with Gasteiger partial charge in [0.2, 0.25) is 0 Å². The molecule has 0 saturated carbocycles. The minimum atomic E-state index is -2.84. The monoisotopic (exact) mass is 213 g/mol. The molecule has 0 radical (unpaired) electrons. The van der Waals surface area contributed by atoms with Crippen LogP contribution in [0.15, 0.2) is 18.2 Å². The quantitative estimate of drug-likeness (QED) is 0.828. The van der Waals surface area contributed by atoms with Gasteiger partial charge in [0.25, 0.3) is 5.92 Å². The second kappa shape index (κ2) is 3.77. The highest BCUT2D eigenvalue weighted by molar-refractivity contribution is 5.41. The SMILES string of the molecule is CNCC(F)(F)c1ccc2c(c1)OCC2. The van der Waals surface area contributed by atoms with Crippen LogP contribution in [-0.2, 0) is 12.3 Å². The van der Waals surface area contributed by atoms with Crippen LogP contribution in [0.5, 0.6) is 5.75 Å². The number of fused-ring (bicyclic) bond motifs is 1. The molecule has 15 heavy (non-hydrogen) atoms. The molecular formula is C11H13F2NO. The summed E-state index contributed by atoms with van der Waals surface area (Å²) >= 11 is 0. The van der Waals surface area contributed by atoms with Crippen LogP contribution in [-0.4, -0.2) is 20.2 Å². The van der Waals surface area contributed by atoms with E-state index in [9.17, 15) is 8.78 Å². The Labute approximate surface area is 87.2 Å². The summed E-state index contributed by atoms with van der Waals surface area (Å²) in [6, 6.07) is 4.64. The van der Waals surface area contributed by atoms with Crippen LogP contribution in [0.4, 0.5) is 8.78 Å². The third kappa shape index (κ3) is 1.95. The van der Waals surface area contributed by atoms with E-state index in [0.717, 1.165) is 12.0 Å². The van der Waals surface area contributed by atoms with Crippen molar-refractivity contribution < 1.29 is 13.5 Å². The predicted molar refractivity (Wildman–Crippen MR) is 53.5 cm³/mol. The first kappa shape index (κ1) is 10.4. The molecule has 1 aliphatic rings. The number of ether oxygens (including phenoxy) is 1. The molecule has 0 spiro atoms. The number of benzene rings is 1. The summed E-state index contributed by atoms with van der Waals surface area (Å²) in [5.74, 6) is -2.24. The molecule has 2 rings (SSSR count). The zero-order valence-corrected chi connectivity index (χ0v) is 8.52. The molecule has 4 heteroatoms. The average molecular weight is 213 g/mol. The summed E-state index contributed by atoms with van der Waals surface area (Å²) in [6.07, 6.45) is 0.813. The molecule has 0 unspecified atom stereocenters. The number of hydrogen-bond acceptors (Lipinski definition) is 2. The Bertz CT molecular complexity index is 366. The molecule has 82 valence electrons. The third-order valence-corrected chi connectivity index (χ3v) is 2.52. The van der Waals surface area contributed by atoms with Gasteiger partial charge in [-0.1, -0.05) is 12.1 Å². The fourth-order valence-electron chi connectivity index (χ4n) is 1.72. The van der Waals surface area contributed by atoms with Crippen LogP contribution in [0.25, 0.3) is 0 Å². The van der Waals surface area contributed by atoms with Crippen molar-refractivity contribution in [2.45, 2.75) is 12.3 Å². The Morgan fingerprint density at radius 2 is 2.27 bits per heavy atom. The molecular weight excluding hydrogens is 200 g/mol. The van der Waals surface area contributed by atoms with E-state index < -0.39 is 5.92 Å². The van der Waals surface area contributed by atoms with Crippen LogP contribution < -0.4 is 10.1 Å². The van der Waals surface area contributed by atoms with Gasteiger partial charge < -0.3 is 10.1 Å². The molecule has 1 aromatic rings. The number of halogens is 2. The maximum atomic E-state index is 13.5. The van der Waals surface area contributed by atoms with Crippen LogP contribution in [0.1, 0.15) is 11.1 Å². The second-order valence-electron chi connectivity index (χ2n) is 3.66. The molecule has 1 aromatic carbocycles. The fraction of sp³-hybridized carbons (Fsp3) is 0.455. The number of alkyl halides is 2. The number of nitrogens with one attached hydrogen (secondary N) is 1. The van der Waals surface area contributed by atoms with E-state index in [1.165, 1.54) is 19.2 Å². The van der Waals surface area contributed by atoms with Gasteiger partial charge in [0.1, 0.15) is 5.75 Å². The van der Waals surface area contributed by atoms with Crippen molar-refractivity contribution in [2.75, 3.05) is 20.2 Å². The zero-order valence-electron chi connectivity index (χ0n) is 8.52. The molecule has 0 aliphatic carbocycles. The molecule has 1 aliphatic heterocycles. The van der Waals surface area contributed by atoms with Crippen molar-refractivity contribution in [3.63, 3.8) is 0 Å². The van der Waals surface area contributed by atoms with E-state index in [1.807, 2.05) is 0 Å². The lowest BCUT2D eigenvalue weighted by Crippen LogP contribution is -2.28. The summed E-state index contributed by atoms with van der Waals surface area (Å²) in [7, 11) is 1.51. The fourth-order valence-corrected chi connectivity index (χ4v) is 1.72. The normalized spacial score (nSPS) is 14.9. The Hall–Kier alpha value is -1.16. The van der Waals surface area contributed by atoms with Crippen molar-refractivity contribution in [3.8, 4) is 5.75 Å². The van der Waals surface area contributed by atoms with Gasteiger partial charge in [0, 0.05) is 12.0 Å². The summed E-state index contributed by atoms with van der Waals surface area (Å²) in [6.45, 7) is 0.238. The Morgan fingerprint density at radius 3 is 3.00 bits per heavy atom. The summed E-state index contributed by atoms with van der Waals surface area (Å²) in [5.41, 5.74) is 1.02. The molecule has 1 N–H and O–H groups in total. The van der Waals surface area contributed by atoms with E-state index in [1.54, 1.807) is 6.07 Å². The summed E-state index contributed by atoms with van der Waals surface area (Å²) in [4.78, 5) is 0. The Balaban J connectivity index is 2.29. The maximum Gasteiger partial charge on any atom is 0.285 e. The molecule has 0 aromatic heterocycles. The first-order valence-corrected chi connectivity index (χ1v) is 4.92. The third-order valence-electron chi connectivity index (χ3n) is 2.52. The van der Waals surface area contributed by atoms with E-state index >= 15 is 0 Å². The van der Waals surface area contributed by atoms with Gasteiger partial charge in [0.05, 0.1) is 13.2 Å². The molecule has 0 amide bonds. The molecule has 0 fully saturated rings. The van der Waals surface area contributed by atoms with Crippen LogP contribution in [0.3, 0.4) is 0 Å². The van der Waals surface area contributed by atoms with Crippen molar-refractivity contribution >= 4 is 0 Å². The van der Waals surface area contributed by atoms with Crippen molar-refractivity contribution in [2.24, 2.45) is 0 Å². The molecule has 1 heterocycles. The Kier molecular flexibility index (Phi) is 2.61. The van der Waals surface area contributed by atoms with Crippen LogP contribution >= 0.6 is 0 Å². The highest BCUT2D eigenvalue weighted by Crippen LogP contribution is 2.33. The van der Waals surface area contributed by atoms with Crippen LogP contribution in [0, 0.1) is 0 Å². The Morgan fingerprint density at radius 1 is 1.47 bits per heavy atom. The van der Waals surface area contributed by atoms with Gasteiger partial charge in [0.15, 0.2) is 0 Å². The highest BCUT2D eigenvalue weighted by Gasteiger charge is 2.31.